The highest BCUT2D eigenvalue weighted by Crippen LogP contribution is 2.29. The van der Waals surface area contributed by atoms with Crippen LogP contribution in [-0.2, 0) is 4.79 Å². The number of carbonyl (C=O) groups is 1. The molecule has 24 heavy (non-hydrogen) atoms. The van der Waals surface area contributed by atoms with Gasteiger partial charge in [0.05, 0.1) is 25.5 Å². The molecule has 2 atom stereocenters. The Labute approximate surface area is 146 Å². The Morgan fingerprint density at radius 1 is 1.17 bits per heavy atom. The van der Waals surface area contributed by atoms with Gasteiger partial charge in [-0.25, -0.2) is 9.97 Å². The molecule has 2 aromatic rings. The third-order valence-electron chi connectivity index (χ3n) is 3.46. The first-order valence-electron chi connectivity index (χ1n) is 7.51. The number of amides is 1. The molecule has 0 fully saturated rings. The predicted molar refractivity (Wildman–Crippen MR) is 93.5 cm³/mol. The molecule has 0 radical (unpaired) electrons. The van der Waals surface area contributed by atoms with Crippen molar-refractivity contribution in [2.75, 3.05) is 14.2 Å². The van der Waals surface area contributed by atoms with Crippen LogP contribution in [-0.4, -0.2) is 35.3 Å². The van der Waals surface area contributed by atoms with Crippen LogP contribution in [0.4, 0.5) is 0 Å². The van der Waals surface area contributed by atoms with E-state index >= 15 is 0 Å². The van der Waals surface area contributed by atoms with Crippen molar-refractivity contribution in [3.05, 3.63) is 42.2 Å². The molecule has 1 aromatic heterocycles. The summed E-state index contributed by atoms with van der Waals surface area (Å²) >= 11 is 1.32. The zero-order chi connectivity index (χ0) is 17.5. The second-order valence-corrected chi connectivity index (χ2v) is 6.44. The van der Waals surface area contributed by atoms with Crippen molar-refractivity contribution in [3.63, 3.8) is 0 Å². The van der Waals surface area contributed by atoms with Gasteiger partial charge in [0.2, 0.25) is 5.91 Å². The van der Waals surface area contributed by atoms with Crippen molar-refractivity contribution in [1.82, 2.24) is 15.3 Å². The van der Waals surface area contributed by atoms with Gasteiger partial charge in [-0.2, -0.15) is 0 Å². The summed E-state index contributed by atoms with van der Waals surface area (Å²) in [5.74, 6) is 1.33. The summed E-state index contributed by atoms with van der Waals surface area (Å²) in [5.41, 5.74) is 0.860. The van der Waals surface area contributed by atoms with Crippen molar-refractivity contribution in [1.29, 1.82) is 0 Å². The van der Waals surface area contributed by atoms with E-state index < -0.39 is 0 Å². The summed E-state index contributed by atoms with van der Waals surface area (Å²) in [7, 11) is 3.21. The second kappa shape index (κ2) is 8.54. The second-order valence-electron chi connectivity index (χ2n) is 5.13. The van der Waals surface area contributed by atoms with Crippen LogP contribution in [0.15, 0.2) is 41.8 Å². The van der Waals surface area contributed by atoms with E-state index in [1.54, 1.807) is 32.7 Å². The van der Waals surface area contributed by atoms with Gasteiger partial charge in [0.15, 0.2) is 5.16 Å². The molecule has 7 heteroatoms. The third kappa shape index (κ3) is 4.61. The average Bonchev–Trinajstić information content (AvgIpc) is 2.61. The molecular weight excluding hydrogens is 326 g/mol. The van der Waals surface area contributed by atoms with Gasteiger partial charge >= 0.3 is 0 Å². The zero-order valence-corrected chi connectivity index (χ0v) is 15.0. The minimum absolute atomic E-state index is 0.0928. The van der Waals surface area contributed by atoms with Crippen LogP contribution < -0.4 is 14.8 Å². The predicted octanol–water partition coefficient (Wildman–Crippen LogP) is 2.85. The lowest BCUT2D eigenvalue weighted by Crippen LogP contribution is -2.33. The van der Waals surface area contributed by atoms with Gasteiger partial charge in [-0.3, -0.25) is 4.79 Å². The number of nitrogens with one attached hydrogen (secondary N) is 1. The van der Waals surface area contributed by atoms with Crippen LogP contribution in [0.5, 0.6) is 11.5 Å². The Kier molecular flexibility index (Phi) is 6.43. The quantitative estimate of drug-likeness (QED) is 0.613. The number of ether oxygens (including phenoxy) is 2. The number of hydrogen-bond donors (Lipinski definition) is 1. The Balaban J connectivity index is 2.05. The first-order valence-corrected chi connectivity index (χ1v) is 8.39. The Hall–Kier alpha value is -2.28. The van der Waals surface area contributed by atoms with E-state index in [2.05, 4.69) is 15.3 Å². The van der Waals surface area contributed by atoms with E-state index in [4.69, 9.17) is 9.47 Å². The molecular formula is C17H21N3O3S. The highest BCUT2D eigenvalue weighted by atomic mass is 32.2. The van der Waals surface area contributed by atoms with Gasteiger partial charge < -0.3 is 14.8 Å². The first-order chi connectivity index (χ1) is 11.5. The van der Waals surface area contributed by atoms with Crippen LogP contribution >= 0.6 is 11.8 Å². The minimum atomic E-state index is -0.313. The molecule has 0 spiro atoms. The SMILES string of the molecule is COc1ccc(OC)c([C@@H](C)NC(=O)[C@H](C)Sc2ncccn2)c1. The number of benzene rings is 1. The Bertz CT molecular complexity index is 682. The summed E-state index contributed by atoms with van der Waals surface area (Å²) in [5, 5.41) is 3.25. The number of rotatable bonds is 7. The van der Waals surface area contributed by atoms with Crippen LogP contribution in [0.25, 0.3) is 0 Å². The maximum atomic E-state index is 12.4. The van der Waals surface area contributed by atoms with Crippen LogP contribution in [0.1, 0.15) is 25.5 Å². The molecule has 0 bridgehead atoms. The van der Waals surface area contributed by atoms with Crippen molar-refractivity contribution in [3.8, 4) is 11.5 Å². The summed E-state index contributed by atoms with van der Waals surface area (Å²) in [6, 6.07) is 7.03. The number of thioether (sulfide) groups is 1. The molecule has 1 heterocycles. The molecule has 0 aliphatic heterocycles. The van der Waals surface area contributed by atoms with Crippen LogP contribution in [0, 0.1) is 0 Å². The highest BCUT2D eigenvalue weighted by Gasteiger charge is 2.20. The van der Waals surface area contributed by atoms with Crippen molar-refractivity contribution >= 4 is 17.7 Å². The smallest absolute Gasteiger partial charge is 0.233 e. The fourth-order valence-corrected chi connectivity index (χ4v) is 2.88. The number of carbonyl (C=O) groups excluding carboxylic acids is 1. The fourth-order valence-electron chi connectivity index (χ4n) is 2.14. The fraction of sp³-hybridized carbons (Fsp3) is 0.353. The maximum Gasteiger partial charge on any atom is 0.233 e. The van der Waals surface area contributed by atoms with Crippen LogP contribution in [0.3, 0.4) is 0 Å². The van der Waals surface area contributed by atoms with Crippen molar-refractivity contribution in [2.45, 2.75) is 30.3 Å². The lowest BCUT2D eigenvalue weighted by molar-refractivity contribution is -0.120. The topological polar surface area (TPSA) is 73.3 Å². The van der Waals surface area contributed by atoms with E-state index in [-0.39, 0.29) is 17.2 Å². The van der Waals surface area contributed by atoms with Gasteiger partial charge in [-0.15, -0.1) is 0 Å². The third-order valence-corrected chi connectivity index (χ3v) is 4.44. The van der Waals surface area contributed by atoms with Gasteiger partial charge in [0.1, 0.15) is 11.5 Å². The number of nitrogens with zero attached hydrogens (tertiary/aromatic N) is 2. The molecule has 1 amide bonds. The van der Waals surface area contributed by atoms with Crippen LogP contribution in [0.2, 0.25) is 0 Å². The normalized spacial score (nSPS) is 13.0. The van der Waals surface area contributed by atoms with Gasteiger partial charge in [0, 0.05) is 18.0 Å². The molecule has 1 N–H and O–H groups in total. The van der Waals surface area contributed by atoms with Gasteiger partial charge in [-0.05, 0) is 38.1 Å². The zero-order valence-electron chi connectivity index (χ0n) is 14.1. The average molecular weight is 347 g/mol. The summed E-state index contributed by atoms with van der Waals surface area (Å²) in [6.45, 7) is 3.73. The Morgan fingerprint density at radius 2 is 1.88 bits per heavy atom. The standard InChI is InChI=1S/C17H21N3O3S/c1-11(14-10-13(22-3)6-7-15(14)23-4)20-16(21)12(2)24-17-18-8-5-9-19-17/h5-12H,1-4H3,(H,20,21)/t11-,12+/m1/s1. The number of aromatic nitrogens is 2. The van der Waals surface area contributed by atoms with E-state index in [1.807, 2.05) is 32.0 Å². The van der Waals surface area contributed by atoms with E-state index in [9.17, 15) is 4.79 Å². The molecule has 0 aliphatic carbocycles. The number of hydrogen-bond acceptors (Lipinski definition) is 6. The van der Waals surface area contributed by atoms with Gasteiger partial charge in [0.25, 0.3) is 0 Å². The molecule has 0 saturated carbocycles. The van der Waals surface area contributed by atoms with Crippen molar-refractivity contribution in [2.24, 2.45) is 0 Å². The summed E-state index contributed by atoms with van der Waals surface area (Å²) in [4.78, 5) is 20.7. The molecule has 1 aromatic carbocycles. The monoisotopic (exact) mass is 347 g/mol. The van der Waals surface area contributed by atoms with E-state index in [0.29, 0.717) is 16.7 Å². The van der Waals surface area contributed by atoms with Crippen molar-refractivity contribution < 1.29 is 14.3 Å². The molecule has 0 aliphatic rings. The first kappa shape index (κ1) is 18.1. The molecule has 6 nitrogen and oxygen atoms in total. The minimum Gasteiger partial charge on any atom is -0.497 e. The molecule has 0 saturated heterocycles. The molecule has 0 unspecified atom stereocenters. The lowest BCUT2D eigenvalue weighted by atomic mass is 10.1. The molecule has 128 valence electrons. The lowest BCUT2D eigenvalue weighted by Gasteiger charge is -2.20. The molecule has 2 rings (SSSR count). The summed E-state index contributed by atoms with van der Waals surface area (Å²) in [6.07, 6.45) is 3.31. The summed E-state index contributed by atoms with van der Waals surface area (Å²) < 4.78 is 10.6. The van der Waals surface area contributed by atoms with E-state index in [1.165, 1.54) is 11.8 Å². The Morgan fingerprint density at radius 3 is 2.50 bits per heavy atom. The maximum absolute atomic E-state index is 12.4. The number of methoxy groups -OCH3 is 2. The largest absolute Gasteiger partial charge is 0.497 e. The highest BCUT2D eigenvalue weighted by molar-refractivity contribution is 8.00. The van der Waals surface area contributed by atoms with Gasteiger partial charge in [-0.1, -0.05) is 11.8 Å². The van der Waals surface area contributed by atoms with E-state index in [0.717, 1.165) is 5.56 Å².